The van der Waals surface area contributed by atoms with Crippen LogP contribution in [-0.4, -0.2) is 35.0 Å². The molecule has 1 aromatic rings. The van der Waals surface area contributed by atoms with Crippen molar-refractivity contribution in [2.75, 3.05) is 18.4 Å². The quantitative estimate of drug-likeness (QED) is 0.763. The molecule has 0 unspecified atom stereocenters. The first-order valence-electron chi connectivity index (χ1n) is 5.73. The second-order valence-electron chi connectivity index (χ2n) is 4.31. The van der Waals surface area contributed by atoms with Crippen molar-refractivity contribution in [2.24, 2.45) is 5.73 Å². The number of nitrogens with one attached hydrogen (secondary N) is 2. The van der Waals surface area contributed by atoms with Crippen LogP contribution in [0.3, 0.4) is 0 Å². The topological polar surface area (TPSA) is 92.9 Å². The van der Waals surface area contributed by atoms with E-state index in [0.29, 0.717) is 24.6 Å². The fourth-order valence-electron chi connectivity index (χ4n) is 1.81. The van der Waals surface area contributed by atoms with E-state index in [4.69, 9.17) is 5.73 Å². The number of rotatable bonds is 3. The molecule has 1 amide bonds. The molecule has 8 heteroatoms. The Bertz CT molecular complexity index is 453. The SMILES string of the molecule is Cc1nc(NC[C@H](C)N)c2c(n1)C(=O)NCC2.Cl.Cl. The zero-order valence-corrected chi connectivity index (χ0v) is 12.5. The van der Waals surface area contributed by atoms with Gasteiger partial charge in [-0.15, -0.1) is 24.8 Å². The number of aromatic nitrogens is 2. The molecule has 4 N–H and O–H groups in total. The lowest BCUT2D eigenvalue weighted by atomic mass is 10.1. The number of fused-ring (bicyclic) bond motifs is 1. The summed E-state index contributed by atoms with van der Waals surface area (Å²) in [4.78, 5) is 20.2. The summed E-state index contributed by atoms with van der Waals surface area (Å²) in [6.07, 6.45) is 0.753. The molecule has 0 bridgehead atoms. The van der Waals surface area contributed by atoms with E-state index in [1.165, 1.54) is 0 Å². The lowest BCUT2D eigenvalue weighted by Crippen LogP contribution is -2.34. The average molecular weight is 308 g/mol. The molecule has 1 aliphatic heterocycles. The van der Waals surface area contributed by atoms with Crippen LogP contribution in [0.2, 0.25) is 0 Å². The average Bonchev–Trinajstić information content (AvgIpc) is 2.27. The first-order chi connectivity index (χ1) is 8.08. The predicted molar refractivity (Wildman–Crippen MR) is 79.4 cm³/mol. The highest BCUT2D eigenvalue weighted by Crippen LogP contribution is 2.19. The standard InChI is InChI=1S/C11H17N5O.2ClH/c1-6(12)5-14-10-8-3-4-13-11(17)9(8)15-7(2)16-10;;/h6H,3-5,12H2,1-2H3,(H,13,17)(H,14,15,16);2*1H/t6-;;/m0../s1. The first-order valence-corrected chi connectivity index (χ1v) is 5.73. The molecule has 1 aliphatic rings. The zero-order chi connectivity index (χ0) is 12.4. The lowest BCUT2D eigenvalue weighted by Gasteiger charge is -2.20. The van der Waals surface area contributed by atoms with Gasteiger partial charge in [0.15, 0.2) is 0 Å². The van der Waals surface area contributed by atoms with Gasteiger partial charge in [0.2, 0.25) is 0 Å². The van der Waals surface area contributed by atoms with Gasteiger partial charge in [0.1, 0.15) is 17.3 Å². The van der Waals surface area contributed by atoms with Crippen molar-refractivity contribution in [1.29, 1.82) is 0 Å². The molecule has 1 atom stereocenters. The molecular weight excluding hydrogens is 289 g/mol. The van der Waals surface area contributed by atoms with E-state index in [-0.39, 0.29) is 36.8 Å². The zero-order valence-electron chi connectivity index (χ0n) is 10.9. The Labute approximate surface area is 124 Å². The number of carbonyl (C=O) groups excluding carboxylic acids is 1. The number of halogens is 2. The molecule has 2 rings (SSSR count). The van der Waals surface area contributed by atoms with Gasteiger partial charge in [-0.25, -0.2) is 9.97 Å². The summed E-state index contributed by atoms with van der Waals surface area (Å²) in [5, 5.41) is 5.95. The highest BCUT2D eigenvalue weighted by atomic mass is 35.5. The van der Waals surface area contributed by atoms with Crippen LogP contribution in [0.25, 0.3) is 0 Å². The van der Waals surface area contributed by atoms with Crippen LogP contribution >= 0.6 is 24.8 Å². The maximum atomic E-state index is 11.7. The largest absolute Gasteiger partial charge is 0.368 e. The number of aryl methyl sites for hydroxylation is 1. The van der Waals surface area contributed by atoms with Gasteiger partial charge in [-0.3, -0.25) is 4.79 Å². The molecule has 0 aliphatic carbocycles. The summed E-state index contributed by atoms with van der Waals surface area (Å²) < 4.78 is 0. The summed E-state index contributed by atoms with van der Waals surface area (Å²) in [5.41, 5.74) is 7.07. The Morgan fingerprint density at radius 3 is 2.74 bits per heavy atom. The van der Waals surface area contributed by atoms with Gasteiger partial charge in [0.05, 0.1) is 0 Å². The molecule has 0 saturated heterocycles. The van der Waals surface area contributed by atoms with Crippen LogP contribution in [0, 0.1) is 6.92 Å². The van der Waals surface area contributed by atoms with E-state index < -0.39 is 0 Å². The second kappa shape index (κ2) is 7.47. The molecule has 0 radical (unpaired) electrons. The smallest absolute Gasteiger partial charge is 0.270 e. The third-order valence-electron chi connectivity index (χ3n) is 2.59. The van der Waals surface area contributed by atoms with Crippen molar-refractivity contribution in [2.45, 2.75) is 26.3 Å². The van der Waals surface area contributed by atoms with Crippen LogP contribution in [0.15, 0.2) is 0 Å². The Balaban J connectivity index is 0.00000162. The van der Waals surface area contributed by atoms with E-state index in [0.717, 1.165) is 17.8 Å². The molecule has 19 heavy (non-hydrogen) atoms. The van der Waals surface area contributed by atoms with Gasteiger partial charge >= 0.3 is 0 Å². The van der Waals surface area contributed by atoms with Crippen molar-refractivity contribution in [3.05, 3.63) is 17.1 Å². The normalized spacial score (nSPS) is 14.4. The predicted octanol–water partition coefficient (Wildman–Crippen LogP) is 0.674. The molecule has 6 nitrogen and oxygen atoms in total. The van der Waals surface area contributed by atoms with E-state index in [1.54, 1.807) is 6.92 Å². The fraction of sp³-hybridized carbons (Fsp3) is 0.545. The van der Waals surface area contributed by atoms with Gasteiger partial charge < -0.3 is 16.4 Å². The van der Waals surface area contributed by atoms with E-state index >= 15 is 0 Å². The molecule has 108 valence electrons. The minimum atomic E-state index is -0.124. The molecular formula is C11H19Cl2N5O. The summed E-state index contributed by atoms with van der Waals surface area (Å²) in [6.45, 7) is 4.95. The summed E-state index contributed by atoms with van der Waals surface area (Å²) in [7, 11) is 0. The number of anilines is 1. The van der Waals surface area contributed by atoms with Crippen molar-refractivity contribution in [3.63, 3.8) is 0 Å². The Hall–Kier alpha value is -1.11. The van der Waals surface area contributed by atoms with E-state index in [9.17, 15) is 4.79 Å². The van der Waals surface area contributed by atoms with Gasteiger partial charge in [-0.05, 0) is 20.3 Å². The van der Waals surface area contributed by atoms with E-state index in [1.807, 2.05) is 6.92 Å². The highest BCUT2D eigenvalue weighted by Gasteiger charge is 2.22. The van der Waals surface area contributed by atoms with Gasteiger partial charge in [-0.2, -0.15) is 0 Å². The van der Waals surface area contributed by atoms with Crippen molar-refractivity contribution in [1.82, 2.24) is 15.3 Å². The van der Waals surface area contributed by atoms with Crippen LogP contribution in [-0.2, 0) is 6.42 Å². The van der Waals surface area contributed by atoms with Crippen LogP contribution in [0.4, 0.5) is 5.82 Å². The molecule has 0 aromatic carbocycles. The van der Waals surface area contributed by atoms with Gasteiger partial charge in [0, 0.05) is 24.7 Å². The maximum absolute atomic E-state index is 11.7. The lowest BCUT2D eigenvalue weighted by molar-refractivity contribution is 0.0940. The number of hydrogen-bond acceptors (Lipinski definition) is 5. The molecule has 0 fully saturated rings. The summed E-state index contributed by atoms with van der Waals surface area (Å²) in [5.74, 6) is 1.20. The van der Waals surface area contributed by atoms with E-state index in [2.05, 4.69) is 20.6 Å². The number of amides is 1. The molecule has 0 spiro atoms. The third kappa shape index (κ3) is 4.19. The number of hydrogen-bond donors (Lipinski definition) is 3. The maximum Gasteiger partial charge on any atom is 0.270 e. The molecule has 1 aromatic heterocycles. The Morgan fingerprint density at radius 1 is 1.42 bits per heavy atom. The fourth-order valence-corrected chi connectivity index (χ4v) is 1.81. The first kappa shape index (κ1) is 17.9. The monoisotopic (exact) mass is 307 g/mol. The van der Waals surface area contributed by atoms with Gasteiger partial charge in [0.25, 0.3) is 5.91 Å². The number of carbonyl (C=O) groups is 1. The van der Waals surface area contributed by atoms with Crippen molar-refractivity contribution in [3.8, 4) is 0 Å². The summed E-state index contributed by atoms with van der Waals surface area (Å²) >= 11 is 0. The third-order valence-corrected chi connectivity index (χ3v) is 2.59. The Kier molecular flexibility index (Phi) is 7.04. The number of nitrogens with zero attached hydrogens (tertiary/aromatic N) is 2. The highest BCUT2D eigenvalue weighted by molar-refractivity contribution is 5.95. The van der Waals surface area contributed by atoms with Crippen LogP contribution < -0.4 is 16.4 Å². The van der Waals surface area contributed by atoms with Crippen LogP contribution in [0.1, 0.15) is 28.8 Å². The Morgan fingerprint density at radius 2 is 2.11 bits per heavy atom. The number of nitrogens with two attached hydrogens (primary N) is 1. The van der Waals surface area contributed by atoms with Gasteiger partial charge in [-0.1, -0.05) is 0 Å². The molecule has 0 saturated carbocycles. The second-order valence-corrected chi connectivity index (χ2v) is 4.31. The minimum Gasteiger partial charge on any atom is -0.368 e. The van der Waals surface area contributed by atoms with Crippen LogP contribution in [0.5, 0.6) is 0 Å². The molecule has 2 heterocycles. The van der Waals surface area contributed by atoms with Crippen molar-refractivity contribution < 1.29 is 4.79 Å². The summed E-state index contributed by atoms with van der Waals surface area (Å²) in [6, 6.07) is 0.0401. The van der Waals surface area contributed by atoms with Crippen molar-refractivity contribution >= 4 is 36.5 Å². The minimum absolute atomic E-state index is 0.